The van der Waals surface area contributed by atoms with Crippen molar-refractivity contribution in [3.05, 3.63) is 83.9 Å². The molecule has 0 aromatic heterocycles. The van der Waals surface area contributed by atoms with Crippen LogP contribution in [0.5, 0.6) is 5.75 Å². The van der Waals surface area contributed by atoms with Gasteiger partial charge in [0, 0.05) is 11.3 Å². The Hall–Kier alpha value is -2.74. The van der Waals surface area contributed by atoms with Crippen molar-refractivity contribution >= 4 is 5.69 Å². The molecule has 3 aromatic carbocycles. The van der Waals surface area contributed by atoms with E-state index < -0.39 is 0 Å². The predicted octanol–water partition coefficient (Wildman–Crippen LogP) is 5.05. The van der Waals surface area contributed by atoms with E-state index in [1.54, 1.807) is 7.11 Å². The molecule has 0 saturated heterocycles. The van der Waals surface area contributed by atoms with E-state index in [1.165, 1.54) is 22.3 Å². The van der Waals surface area contributed by atoms with E-state index in [1.807, 2.05) is 6.07 Å². The van der Waals surface area contributed by atoms with Gasteiger partial charge in [0.1, 0.15) is 5.75 Å². The molecule has 4 rings (SSSR count). The Bertz CT molecular complexity index is 857. The molecule has 0 bridgehead atoms. The summed E-state index contributed by atoms with van der Waals surface area (Å²) in [6, 6.07) is 25.4. The van der Waals surface area contributed by atoms with Crippen molar-refractivity contribution in [1.82, 2.24) is 0 Å². The molecule has 2 heteroatoms. The molecule has 0 fully saturated rings. The van der Waals surface area contributed by atoms with E-state index in [2.05, 4.69) is 79.0 Å². The summed E-state index contributed by atoms with van der Waals surface area (Å²) >= 11 is 0. The van der Waals surface area contributed by atoms with Crippen LogP contribution in [0.3, 0.4) is 0 Å². The normalized spacial score (nSPS) is 18.5. The van der Waals surface area contributed by atoms with E-state index in [9.17, 15) is 0 Å². The van der Waals surface area contributed by atoms with Gasteiger partial charge >= 0.3 is 0 Å². The number of methoxy groups -OCH3 is 1. The van der Waals surface area contributed by atoms with Crippen molar-refractivity contribution in [3.63, 3.8) is 0 Å². The summed E-state index contributed by atoms with van der Waals surface area (Å²) in [5.74, 6) is 0.885. The van der Waals surface area contributed by atoms with Gasteiger partial charge < -0.3 is 10.1 Å². The number of fused-ring (bicyclic) bond motifs is 3. The van der Waals surface area contributed by atoms with E-state index in [4.69, 9.17) is 4.74 Å². The monoisotopic (exact) mass is 301 g/mol. The number of hydrogen-bond acceptors (Lipinski definition) is 2. The smallest absolute Gasteiger partial charge is 0.119 e. The number of benzene rings is 3. The van der Waals surface area contributed by atoms with Gasteiger partial charge in [0.25, 0.3) is 0 Å². The van der Waals surface area contributed by atoms with Gasteiger partial charge in [0.15, 0.2) is 0 Å². The van der Waals surface area contributed by atoms with Crippen LogP contribution in [0.25, 0.3) is 11.1 Å². The lowest BCUT2D eigenvalue weighted by Crippen LogP contribution is -2.36. The van der Waals surface area contributed by atoms with Crippen LogP contribution in [-0.4, -0.2) is 7.11 Å². The molecule has 2 nitrogen and oxygen atoms in total. The van der Waals surface area contributed by atoms with Crippen LogP contribution in [0.2, 0.25) is 0 Å². The van der Waals surface area contributed by atoms with E-state index in [0.717, 1.165) is 11.4 Å². The maximum atomic E-state index is 5.45. The third kappa shape index (κ3) is 2.10. The van der Waals surface area contributed by atoms with Gasteiger partial charge in [0.2, 0.25) is 0 Å². The van der Waals surface area contributed by atoms with Crippen molar-refractivity contribution in [1.29, 1.82) is 0 Å². The molecule has 0 radical (unpaired) electrons. The Kier molecular flexibility index (Phi) is 3.12. The molecule has 23 heavy (non-hydrogen) atoms. The van der Waals surface area contributed by atoms with E-state index in [0.29, 0.717) is 0 Å². The Morgan fingerprint density at radius 2 is 1.57 bits per heavy atom. The van der Waals surface area contributed by atoms with Crippen LogP contribution in [0.15, 0.2) is 72.8 Å². The highest BCUT2D eigenvalue weighted by molar-refractivity contribution is 5.86. The quantitative estimate of drug-likeness (QED) is 0.715. The molecular formula is C21H19NO. The van der Waals surface area contributed by atoms with E-state index in [-0.39, 0.29) is 5.54 Å². The molecule has 114 valence electrons. The van der Waals surface area contributed by atoms with Gasteiger partial charge in [-0.25, -0.2) is 0 Å². The third-order valence-electron chi connectivity index (χ3n) is 4.72. The minimum atomic E-state index is -0.267. The lowest BCUT2D eigenvalue weighted by Gasteiger charge is -2.39. The van der Waals surface area contributed by atoms with Crippen molar-refractivity contribution in [2.24, 2.45) is 0 Å². The lowest BCUT2D eigenvalue weighted by atomic mass is 9.77. The van der Waals surface area contributed by atoms with Gasteiger partial charge in [-0.05, 0) is 41.8 Å². The maximum absolute atomic E-state index is 5.45. The zero-order valence-electron chi connectivity index (χ0n) is 13.3. The van der Waals surface area contributed by atoms with E-state index >= 15 is 0 Å². The van der Waals surface area contributed by atoms with Gasteiger partial charge in [0.05, 0.1) is 12.6 Å². The zero-order valence-corrected chi connectivity index (χ0v) is 13.3. The maximum Gasteiger partial charge on any atom is 0.119 e. The van der Waals surface area contributed by atoms with Gasteiger partial charge in [-0.15, -0.1) is 0 Å². The highest BCUT2D eigenvalue weighted by Crippen LogP contribution is 2.47. The summed E-state index contributed by atoms with van der Waals surface area (Å²) in [5, 5.41) is 3.74. The number of anilines is 1. The van der Waals surface area contributed by atoms with Crippen molar-refractivity contribution in [2.75, 3.05) is 12.4 Å². The van der Waals surface area contributed by atoms with Gasteiger partial charge in [-0.1, -0.05) is 54.6 Å². The van der Waals surface area contributed by atoms with Gasteiger partial charge in [-0.3, -0.25) is 0 Å². The fourth-order valence-electron chi connectivity index (χ4n) is 3.47. The Morgan fingerprint density at radius 1 is 0.826 bits per heavy atom. The molecule has 0 aliphatic carbocycles. The minimum absolute atomic E-state index is 0.267. The van der Waals surface area contributed by atoms with Crippen LogP contribution in [0.1, 0.15) is 18.1 Å². The third-order valence-corrected chi connectivity index (χ3v) is 4.72. The van der Waals surface area contributed by atoms with Crippen LogP contribution in [0, 0.1) is 0 Å². The number of hydrogen-bond donors (Lipinski definition) is 1. The zero-order chi connectivity index (χ0) is 15.9. The first-order chi connectivity index (χ1) is 11.2. The second-order valence-corrected chi connectivity index (χ2v) is 6.07. The first-order valence-electron chi connectivity index (χ1n) is 7.84. The summed E-state index contributed by atoms with van der Waals surface area (Å²) in [5.41, 5.74) is 5.85. The summed E-state index contributed by atoms with van der Waals surface area (Å²) < 4.78 is 5.45. The van der Waals surface area contributed by atoms with Crippen LogP contribution in [-0.2, 0) is 5.54 Å². The van der Waals surface area contributed by atoms with Crippen molar-refractivity contribution in [2.45, 2.75) is 12.5 Å². The molecule has 1 N–H and O–H groups in total. The Morgan fingerprint density at radius 3 is 2.35 bits per heavy atom. The minimum Gasteiger partial charge on any atom is -0.497 e. The first-order valence-corrected chi connectivity index (χ1v) is 7.84. The molecule has 3 aromatic rings. The number of ether oxygens (including phenoxy) is 1. The summed E-state index contributed by atoms with van der Waals surface area (Å²) in [6.45, 7) is 2.24. The molecule has 1 atom stereocenters. The fraction of sp³-hybridized carbons (Fsp3) is 0.143. The van der Waals surface area contributed by atoms with Crippen LogP contribution in [0.4, 0.5) is 5.69 Å². The topological polar surface area (TPSA) is 21.3 Å². The second-order valence-electron chi connectivity index (χ2n) is 6.07. The summed E-state index contributed by atoms with van der Waals surface area (Å²) in [4.78, 5) is 0. The SMILES string of the molecule is COc1ccc2c(c1)-c1ccccc1NC2(C)c1ccccc1. The van der Waals surface area contributed by atoms with Gasteiger partial charge in [-0.2, -0.15) is 0 Å². The molecular weight excluding hydrogens is 282 g/mol. The van der Waals surface area contributed by atoms with Crippen LogP contribution >= 0.6 is 0 Å². The number of para-hydroxylation sites is 1. The Labute approximate surface area is 136 Å². The second kappa shape index (κ2) is 5.17. The lowest BCUT2D eigenvalue weighted by molar-refractivity contribution is 0.414. The Balaban J connectivity index is 2.00. The average molecular weight is 301 g/mol. The predicted molar refractivity (Wildman–Crippen MR) is 94.9 cm³/mol. The fourth-order valence-corrected chi connectivity index (χ4v) is 3.47. The number of nitrogens with one attached hydrogen (secondary N) is 1. The molecule has 0 amide bonds. The molecule has 1 aliphatic rings. The average Bonchev–Trinajstić information content (AvgIpc) is 2.62. The highest BCUT2D eigenvalue weighted by Gasteiger charge is 2.35. The molecule has 1 aliphatic heterocycles. The molecule has 0 saturated carbocycles. The first kappa shape index (κ1) is 13.9. The molecule has 1 heterocycles. The molecule has 0 spiro atoms. The summed E-state index contributed by atoms with van der Waals surface area (Å²) in [7, 11) is 1.71. The molecule has 1 unspecified atom stereocenters. The van der Waals surface area contributed by atoms with Crippen molar-refractivity contribution in [3.8, 4) is 16.9 Å². The number of rotatable bonds is 2. The van der Waals surface area contributed by atoms with Crippen LogP contribution < -0.4 is 10.1 Å². The van der Waals surface area contributed by atoms with Crippen molar-refractivity contribution < 1.29 is 4.74 Å². The highest BCUT2D eigenvalue weighted by atomic mass is 16.5. The summed E-state index contributed by atoms with van der Waals surface area (Å²) in [6.07, 6.45) is 0. The largest absolute Gasteiger partial charge is 0.497 e. The standard InChI is InChI=1S/C21H19NO/c1-21(15-8-4-3-5-9-15)19-13-12-16(23-2)14-18(19)17-10-6-7-11-20(17)22-21/h3-14,22H,1-2H3.